The topological polar surface area (TPSA) is 33.2 Å². The predicted molar refractivity (Wildman–Crippen MR) is 91.1 cm³/mol. The van der Waals surface area contributed by atoms with Gasteiger partial charge in [0.05, 0.1) is 0 Å². The number of nitrogens with zero attached hydrogens (tertiary/aromatic N) is 2. The highest BCUT2D eigenvalue weighted by Gasteiger charge is 2.33. The second-order valence-electron chi connectivity index (χ2n) is 6.32. The van der Waals surface area contributed by atoms with Crippen molar-refractivity contribution in [1.82, 2.24) is 9.88 Å². The fourth-order valence-electron chi connectivity index (χ4n) is 2.47. The normalized spacial score (nSPS) is 14.3. The first kappa shape index (κ1) is 15.2. The van der Waals surface area contributed by atoms with E-state index in [4.69, 9.17) is 0 Å². The summed E-state index contributed by atoms with van der Waals surface area (Å²) < 4.78 is 0. The fraction of sp³-hybridized carbons (Fsp3) is 0.444. The third-order valence-electron chi connectivity index (χ3n) is 3.94. The molecule has 0 atom stereocenters. The average molecular weight is 314 g/mol. The van der Waals surface area contributed by atoms with Crippen molar-refractivity contribution < 1.29 is 4.79 Å². The molecule has 3 rings (SSSR count). The van der Waals surface area contributed by atoms with Crippen molar-refractivity contribution in [3.05, 3.63) is 41.4 Å². The SMILES string of the molecule is CC(C)CCN(C(=O)c1csc(-c2ccccc2)n1)C1CC1. The Labute approximate surface area is 136 Å². The van der Waals surface area contributed by atoms with Gasteiger partial charge in [-0.05, 0) is 25.2 Å². The van der Waals surface area contributed by atoms with E-state index in [2.05, 4.69) is 18.8 Å². The minimum atomic E-state index is 0.0987. The summed E-state index contributed by atoms with van der Waals surface area (Å²) >= 11 is 1.55. The summed E-state index contributed by atoms with van der Waals surface area (Å²) in [4.78, 5) is 19.4. The van der Waals surface area contributed by atoms with Crippen molar-refractivity contribution >= 4 is 17.2 Å². The lowest BCUT2D eigenvalue weighted by Gasteiger charge is -2.22. The van der Waals surface area contributed by atoms with Crippen molar-refractivity contribution in [2.75, 3.05) is 6.54 Å². The van der Waals surface area contributed by atoms with Crippen LogP contribution in [0, 0.1) is 5.92 Å². The molecule has 1 aromatic heterocycles. The molecule has 1 heterocycles. The molecule has 0 radical (unpaired) electrons. The van der Waals surface area contributed by atoms with E-state index in [1.807, 2.05) is 40.6 Å². The van der Waals surface area contributed by atoms with Crippen LogP contribution in [0.2, 0.25) is 0 Å². The van der Waals surface area contributed by atoms with Crippen LogP contribution in [-0.2, 0) is 0 Å². The third-order valence-corrected chi connectivity index (χ3v) is 4.83. The molecule has 116 valence electrons. The van der Waals surface area contributed by atoms with Crippen LogP contribution >= 0.6 is 11.3 Å². The van der Waals surface area contributed by atoms with Gasteiger partial charge in [-0.2, -0.15) is 0 Å². The zero-order chi connectivity index (χ0) is 15.5. The van der Waals surface area contributed by atoms with Crippen molar-refractivity contribution in [2.45, 2.75) is 39.2 Å². The summed E-state index contributed by atoms with van der Waals surface area (Å²) in [6, 6.07) is 10.5. The number of carbonyl (C=O) groups is 1. The quantitative estimate of drug-likeness (QED) is 0.788. The average Bonchev–Trinajstić information content (AvgIpc) is 3.23. The summed E-state index contributed by atoms with van der Waals surface area (Å²) in [6.45, 7) is 5.25. The lowest BCUT2D eigenvalue weighted by atomic mass is 10.1. The van der Waals surface area contributed by atoms with E-state index in [-0.39, 0.29) is 5.91 Å². The van der Waals surface area contributed by atoms with E-state index >= 15 is 0 Å². The third kappa shape index (κ3) is 3.55. The summed E-state index contributed by atoms with van der Waals surface area (Å²) in [5.74, 6) is 0.714. The van der Waals surface area contributed by atoms with Crippen LogP contribution in [0.3, 0.4) is 0 Å². The van der Waals surface area contributed by atoms with E-state index in [1.165, 1.54) is 0 Å². The van der Waals surface area contributed by atoms with Gasteiger partial charge < -0.3 is 4.90 Å². The number of benzene rings is 1. The molecular weight excluding hydrogens is 292 g/mol. The summed E-state index contributed by atoms with van der Waals surface area (Å²) in [6.07, 6.45) is 3.33. The van der Waals surface area contributed by atoms with Gasteiger partial charge in [0.2, 0.25) is 0 Å². The second-order valence-corrected chi connectivity index (χ2v) is 7.17. The van der Waals surface area contributed by atoms with Crippen molar-refractivity contribution in [3.63, 3.8) is 0 Å². The Morgan fingerprint density at radius 1 is 1.32 bits per heavy atom. The maximum absolute atomic E-state index is 12.8. The molecular formula is C18H22N2OS. The molecule has 4 heteroatoms. The molecule has 0 aliphatic heterocycles. The Morgan fingerprint density at radius 3 is 2.68 bits per heavy atom. The first-order valence-corrected chi connectivity index (χ1v) is 8.85. The maximum atomic E-state index is 12.8. The van der Waals surface area contributed by atoms with Gasteiger partial charge in [0, 0.05) is 23.5 Å². The predicted octanol–water partition coefficient (Wildman–Crippen LogP) is 4.46. The largest absolute Gasteiger partial charge is 0.334 e. The number of hydrogen-bond acceptors (Lipinski definition) is 3. The minimum Gasteiger partial charge on any atom is -0.334 e. The van der Waals surface area contributed by atoms with Gasteiger partial charge in [0.1, 0.15) is 10.7 Å². The van der Waals surface area contributed by atoms with Gasteiger partial charge in [0.25, 0.3) is 5.91 Å². The number of carbonyl (C=O) groups excluding carboxylic acids is 1. The van der Waals surface area contributed by atoms with E-state index < -0.39 is 0 Å². The molecule has 1 aliphatic carbocycles. The summed E-state index contributed by atoms with van der Waals surface area (Å²) in [5.41, 5.74) is 1.67. The molecule has 0 N–H and O–H groups in total. The Bertz CT molecular complexity index is 632. The highest BCUT2D eigenvalue weighted by Crippen LogP contribution is 2.30. The van der Waals surface area contributed by atoms with E-state index in [0.29, 0.717) is 17.7 Å². The molecule has 1 aromatic carbocycles. The molecule has 1 amide bonds. The van der Waals surface area contributed by atoms with Crippen LogP contribution < -0.4 is 0 Å². The van der Waals surface area contributed by atoms with Gasteiger partial charge in [-0.3, -0.25) is 4.79 Å². The van der Waals surface area contributed by atoms with Gasteiger partial charge in [-0.25, -0.2) is 4.98 Å². The maximum Gasteiger partial charge on any atom is 0.273 e. The highest BCUT2D eigenvalue weighted by molar-refractivity contribution is 7.13. The Kier molecular flexibility index (Phi) is 4.57. The van der Waals surface area contributed by atoms with Crippen molar-refractivity contribution in [2.24, 2.45) is 5.92 Å². The first-order valence-electron chi connectivity index (χ1n) is 7.97. The molecule has 0 unspecified atom stereocenters. The monoisotopic (exact) mass is 314 g/mol. The fourth-order valence-corrected chi connectivity index (χ4v) is 3.27. The van der Waals surface area contributed by atoms with E-state index in [9.17, 15) is 4.79 Å². The Morgan fingerprint density at radius 2 is 2.05 bits per heavy atom. The molecule has 3 nitrogen and oxygen atoms in total. The van der Waals surface area contributed by atoms with Crippen molar-refractivity contribution in [3.8, 4) is 10.6 Å². The summed E-state index contributed by atoms with van der Waals surface area (Å²) in [7, 11) is 0. The highest BCUT2D eigenvalue weighted by atomic mass is 32.1. The van der Waals surface area contributed by atoms with Crippen LogP contribution in [-0.4, -0.2) is 28.4 Å². The lowest BCUT2D eigenvalue weighted by molar-refractivity contribution is 0.0730. The van der Waals surface area contributed by atoms with E-state index in [0.717, 1.165) is 36.4 Å². The minimum absolute atomic E-state index is 0.0987. The standard InChI is InChI=1S/C18H22N2OS/c1-13(2)10-11-20(15-8-9-15)18(21)16-12-22-17(19-16)14-6-4-3-5-7-14/h3-7,12-13,15H,8-11H2,1-2H3. The van der Waals surface area contributed by atoms with E-state index in [1.54, 1.807) is 11.3 Å². The second kappa shape index (κ2) is 6.61. The molecule has 0 spiro atoms. The first-order chi connectivity index (χ1) is 10.6. The summed E-state index contributed by atoms with van der Waals surface area (Å²) in [5, 5.41) is 2.82. The number of hydrogen-bond donors (Lipinski definition) is 0. The Hall–Kier alpha value is -1.68. The molecule has 1 saturated carbocycles. The molecule has 0 bridgehead atoms. The van der Waals surface area contributed by atoms with Crippen molar-refractivity contribution in [1.29, 1.82) is 0 Å². The van der Waals surface area contributed by atoms with Gasteiger partial charge in [0.15, 0.2) is 0 Å². The molecule has 0 saturated heterocycles. The number of amides is 1. The molecule has 1 aliphatic rings. The molecule has 22 heavy (non-hydrogen) atoms. The lowest BCUT2D eigenvalue weighted by Crippen LogP contribution is -2.34. The smallest absolute Gasteiger partial charge is 0.273 e. The number of thiazole rings is 1. The van der Waals surface area contributed by atoms with Gasteiger partial charge >= 0.3 is 0 Å². The van der Waals surface area contributed by atoms with Gasteiger partial charge in [-0.1, -0.05) is 44.2 Å². The van der Waals surface area contributed by atoms with Crippen LogP contribution in [0.1, 0.15) is 43.6 Å². The van der Waals surface area contributed by atoms with Gasteiger partial charge in [-0.15, -0.1) is 11.3 Å². The van der Waals surface area contributed by atoms with Crippen LogP contribution in [0.5, 0.6) is 0 Å². The number of aromatic nitrogens is 1. The Balaban J connectivity index is 1.75. The zero-order valence-electron chi connectivity index (χ0n) is 13.2. The number of rotatable bonds is 6. The molecule has 2 aromatic rings. The van der Waals surface area contributed by atoms with Crippen LogP contribution in [0.15, 0.2) is 35.7 Å². The van der Waals surface area contributed by atoms with Crippen LogP contribution in [0.4, 0.5) is 0 Å². The van der Waals surface area contributed by atoms with Crippen LogP contribution in [0.25, 0.3) is 10.6 Å². The molecule has 1 fully saturated rings. The zero-order valence-corrected chi connectivity index (χ0v) is 14.0.